The van der Waals surface area contributed by atoms with E-state index in [4.69, 9.17) is 23.4 Å². The van der Waals surface area contributed by atoms with Gasteiger partial charge in [0.15, 0.2) is 16.9 Å². The molecular weight excluding hydrogens is 368 g/mol. The second-order valence-electron chi connectivity index (χ2n) is 5.60. The molecule has 1 aromatic heterocycles. The minimum absolute atomic E-state index is 0.173. The average molecular weight is 386 g/mol. The van der Waals surface area contributed by atoms with Gasteiger partial charge in [-0.3, -0.25) is 4.79 Å². The van der Waals surface area contributed by atoms with Crippen molar-refractivity contribution in [1.29, 1.82) is 0 Å². The topological polar surface area (TPSA) is 93.4 Å². The van der Waals surface area contributed by atoms with Crippen LogP contribution >= 0.6 is 0 Å². The van der Waals surface area contributed by atoms with Crippen molar-refractivity contribution >= 4 is 17.1 Å². The molecule has 0 fully saturated rings. The van der Waals surface area contributed by atoms with Crippen molar-refractivity contribution in [2.45, 2.75) is 0 Å². The molecule has 3 rings (SSSR count). The molecule has 0 radical (unpaired) electrons. The quantitative estimate of drug-likeness (QED) is 0.485. The predicted molar refractivity (Wildman–Crippen MR) is 101 cm³/mol. The van der Waals surface area contributed by atoms with Crippen LogP contribution in [-0.4, -0.2) is 34.6 Å². The number of ether oxygens (including phenoxy) is 5. The molecule has 0 unspecified atom stereocenters. The van der Waals surface area contributed by atoms with Crippen LogP contribution in [0.15, 0.2) is 45.6 Å². The van der Waals surface area contributed by atoms with Crippen molar-refractivity contribution in [2.75, 3.05) is 28.4 Å². The second-order valence-corrected chi connectivity index (χ2v) is 5.60. The molecule has 0 aliphatic carbocycles. The van der Waals surface area contributed by atoms with E-state index in [1.165, 1.54) is 52.7 Å². The number of methoxy groups -OCH3 is 4. The van der Waals surface area contributed by atoms with E-state index in [0.717, 1.165) is 0 Å². The van der Waals surface area contributed by atoms with Gasteiger partial charge in [0.1, 0.15) is 17.1 Å². The largest absolute Gasteiger partial charge is 0.513 e. The van der Waals surface area contributed by atoms with E-state index in [1.807, 2.05) is 0 Å². The Balaban J connectivity index is 2.11. The van der Waals surface area contributed by atoms with Gasteiger partial charge in [0.05, 0.1) is 33.8 Å². The van der Waals surface area contributed by atoms with Gasteiger partial charge in [-0.15, -0.1) is 0 Å². The maximum absolute atomic E-state index is 12.6. The number of carbonyl (C=O) groups is 1. The van der Waals surface area contributed by atoms with E-state index in [9.17, 15) is 9.59 Å². The Morgan fingerprint density at radius 1 is 0.893 bits per heavy atom. The van der Waals surface area contributed by atoms with Crippen molar-refractivity contribution in [1.82, 2.24) is 0 Å². The molecule has 8 heteroatoms. The fourth-order valence-corrected chi connectivity index (χ4v) is 2.70. The van der Waals surface area contributed by atoms with Crippen LogP contribution in [0.3, 0.4) is 0 Å². The Morgan fingerprint density at radius 2 is 1.57 bits per heavy atom. The van der Waals surface area contributed by atoms with Crippen LogP contribution in [0.1, 0.15) is 0 Å². The summed E-state index contributed by atoms with van der Waals surface area (Å²) in [5.41, 5.74) is 0.595. The molecule has 0 N–H and O–H groups in total. The number of carbonyl (C=O) groups excluding carboxylic acids is 1. The summed E-state index contributed by atoms with van der Waals surface area (Å²) >= 11 is 0. The first kappa shape index (κ1) is 19.1. The third kappa shape index (κ3) is 3.57. The van der Waals surface area contributed by atoms with Gasteiger partial charge < -0.3 is 28.1 Å². The summed E-state index contributed by atoms with van der Waals surface area (Å²) in [6, 6.07) is 9.15. The van der Waals surface area contributed by atoms with Gasteiger partial charge in [-0.1, -0.05) is 0 Å². The Kier molecular flexibility index (Phi) is 5.39. The van der Waals surface area contributed by atoms with E-state index in [2.05, 4.69) is 4.74 Å². The predicted octanol–water partition coefficient (Wildman–Crippen LogP) is 3.63. The van der Waals surface area contributed by atoms with Crippen LogP contribution in [0.5, 0.6) is 23.0 Å². The number of fused-ring (bicyclic) bond motifs is 1. The molecule has 1 heterocycles. The maximum atomic E-state index is 12.6. The van der Waals surface area contributed by atoms with Crippen molar-refractivity contribution in [3.63, 3.8) is 0 Å². The lowest BCUT2D eigenvalue weighted by Crippen LogP contribution is -2.08. The summed E-state index contributed by atoms with van der Waals surface area (Å²) in [5, 5.41) is 0.262. The fourth-order valence-electron chi connectivity index (χ4n) is 2.70. The van der Waals surface area contributed by atoms with Gasteiger partial charge in [-0.05, 0) is 30.3 Å². The Labute approximate surface area is 160 Å². The maximum Gasteiger partial charge on any atom is 0.513 e. The molecule has 28 heavy (non-hydrogen) atoms. The highest BCUT2D eigenvalue weighted by molar-refractivity contribution is 5.81. The van der Waals surface area contributed by atoms with E-state index in [0.29, 0.717) is 34.2 Å². The first-order chi connectivity index (χ1) is 13.5. The van der Waals surface area contributed by atoms with E-state index in [1.54, 1.807) is 12.1 Å². The van der Waals surface area contributed by atoms with Crippen LogP contribution < -0.4 is 24.4 Å². The Hall–Kier alpha value is -3.68. The molecule has 0 aliphatic heterocycles. The molecule has 8 nitrogen and oxygen atoms in total. The fraction of sp³-hybridized carbons (Fsp3) is 0.200. The molecule has 0 saturated carbocycles. The molecule has 0 atom stereocenters. The SMILES string of the molecule is COC(=O)Oc1ccc2oc(-c3cc(OC)c(OC)c(OC)c3)cc(=O)c2c1. The number of hydrogen-bond acceptors (Lipinski definition) is 8. The highest BCUT2D eigenvalue weighted by atomic mass is 16.7. The lowest BCUT2D eigenvalue weighted by atomic mass is 10.1. The van der Waals surface area contributed by atoms with E-state index in [-0.39, 0.29) is 16.6 Å². The second kappa shape index (κ2) is 7.91. The van der Waals surface area contributed by atoms with Crippen molar-refractivity contribution in [3.05, 3.63) is 46.6 Å². The minimum atomic E-state index is -0.877. The third-order valence-corrected chi connectivity index (χ3v) is 4.02. The smallest absolute Gasteiger partial charge is 0.493 e. The van der Waals surface area contributed by atoms with Gasteiger partial charge in [0.25, 0.3) is 0 Å². The normalized spacial score (nSPS) is 10.4. The lowest BCUT2D eigenvalue weighted by Gasteiger charge is -2.14. The first-order valence-corrected chi connectivity index (χ1v) is 8.14. The third-order valence-electron chi connectivity index (χ3n) is 4.02. The molecule has 0 saturated heterocycles. The van der Waals surface area contributed by atoms with Gasteiger partial charge >= 0.3 is 6.16 Å². The molecule has 146 valence electrons. The molecule has 2 aromatic carbocycles. The van der Waals surface area contributed by atoms with Crippen molar-refractivity contribution < 1.29 is 32.9 Å². The zero-order valence-corrected chi connectivity index (χ0v) is 15.7. The number of benzene rings is 2. The number of rotatable bonds is 5. The zero-order chi connectivity index (χ0) is 20.3. The van der Waals surface area contributed by atoms with Crippen LogP contribution in [0.25, 0.3) is 22.3 Å². The van der Waals surface area contributed by atoms with Gasteiger partial charge in [0.2, 0.25) is 5.75 Å². The van der Waals surface area contributed by atoms with Gasteiger partial charge in [-0.2, -0.15) is 0 Å². The summed E-state index contributed by atoms with van der Waals surface area (Å²) < 4.78 is 31.2. The molecule has 0 amide bonds. The highest BCUT2D eigenvalue weighted by Gasteiger charge is 2.17. The van der Waals surface area contributed by atoms with Crippen molar-refractivity contribution in [3.8, 4) is 34.3 Å². The first-order valence-electron chi connectivity index (χ1n) is 8.14. The van der Waals surface area contributed by atoms with Crippen molar-refractivity contribution in [2.24, 2.45) is 0 Å². The molecule has 0 bridgehead atoms. The Morgan fingerprint density at radius 3 is 2.14 bits per heavy atom. The monoisotopic (exact) mass is 386 g/mol. The lowest BCUT2D eigenvalue weighted by molar-refractivity contribution is 0.121. The summed E-state index contributed by atoms with van der Waals surface area (Å²) in [6.45, 7) is 0. The van der Waals surface area contributed by atoms with Gasteiger partial charge in [-0.25, -0.2) is 4.79 Å². The Bertz CT molecular complexity index is 1060. The molecule has 3 aromatic rings. The van der Waals surface area contributed by atoms with Crippen LogP contribution in [0.2, 0.25) is 0 Å². The van der Waals surface area contributed by atoms with E-state index < -0.39 is 6.16 Å². The van der Waals surface area contributed by atoms with E-state index >= 15 is 0 Å². The molecule has 0 spiro atoms. The highest BCUT2D eigenvalue weighted by Crippen LogP contribution is 2.41. The van der Waals surface area contributed by atoms with Crippen LogP contribution in [-0.2, 0) is 4.74 Å². The standard InChI is InChI=1S/C20H18O8/c1-23-17-7-11(8-18(24-2)19(17)25-3)16-10-14(21)13-9-12(27-20(22)26-4)5-6-15(13)28-16/h5-10H,1-4H3. The summed E-state index contributed by atoms with van der Waals surface area (Å²) in [5.74, 6) is 1.79. The zero-order valence-electron chi connectivity index (χ0n) is 15.7. The summed E-state index contributed by atoms with van der Waals surface area (Å²) in [7, 11) is 5.70. The average Bonchev–Trinajstić information content (AvgIpc) is 2.72. The van der Waals surface area contributed by atoms with Gasteiger partial charge in [0, 0.05) is 11.6 Å². The molecule has 0 aliphatic rings. The summed E-state index contributed by atoms with van der Waals surface area (Å²) in [4.78, 5) is 23.8. The van der Waals surface area contributed by atoms with Crippen LogP contribution in [0, 0.1) is 0 Å². The minimum Gasteiger partial charge on any atom is -0.493 e. The summed E-state index contributed by atoms with van der Waals surface area (Å²) in [6.07, 6.45) is -0.877. The number of hydrogen-bond donors (Lipinski definition) is 0. The van der Waals surface area contributed by atoms with Crippen LogP contribution in [0.4, 0.5) is 4.79 Å². The molecular formula is C20H18O8.